The molecule has 1 N–H and O–H groups in total. The lowest BCUT2D eigenvalue weighted by Crippen LogP contribution is -2.46. The monoisotopic (exact) mass is 278 g/mol. The molecule has 3 fully saturated rings. The van der Waals surface area contributed by atoms with E-state index in [0.717, 1.165) is 38.5 Å². The highest BCUT2D eigenvalue weighted by Crippen LogP contribution is 2.28. The Balaban J connectivity index is 1.63. The van der Waals surface area contributed by atoms with Gasteiger partial charge in [-0.05, 0) is 25.7 Å². The van der Waals surface area contributed by atoms with Crippen LogP contribution in [0.5, 0.6) is 0 Å². The molecular weight excluding hydrogens is 252 g/mol. The fraction of sp³-hybridized carbons (Fsp3) is 0.875. The molecule has 0 spiro atoms. The van der Waals surface area contributed by atoms with E-state index in [9.17, 15) is 9.59 Å². The third kappa shape index (κ3) is 2.90. The summed E-state index contributed by atoms with van der Waals surface area (Å²) in [6, 6.07) is 0.382. The van der Waals surface area contributed by atoms with Gasteiger partial charge in [0.15, 0.2) is 0 Å². The number of likely N-dealkylation sites (tertiary alicyclic amines) is 1. The second kappa shape index (κ2) is 6.25. The summed E-state index contributed by atoms with van der Waals surface area (Å²) in [4.78, 5) is 26.4. The van der Waals surface area contributed by atoms with E-state index in [-0.39, 0.29) is 23.9 Å². The average Bonchev–Trinajstić information content (AvgIpc) is 2.92. The molecule has 2 saturated carbocycles. The Morgan fingerprint density at radius 3 is 2.10 bits per heavy atom. The van der Waals surface area contributed by atoms with Gasteiger partial charge in [0.05, 0.1) is 12.5 Å². The summed E-state index contributed by atoms with van der Waals surface area (Å²) in [6.45, 7) is 0. The van der Waals surface area contributed by atoms with E-state index in [1.807, 2.05) is 0 Å². The van der Waals surface area contributed by atoms with Crippen LogP contribution in [0.15, 0.2) is 0 Å². The number of imide groups is 1. The third-order valence-electron chi connectivity index (χ3n) is 5.16. The number of amides is 2. The van der Waals surface area contributed by atoms with Crippen LogP contribution < -0.4 is 5.32 Å². The molecule has 4 nitrogen and oxygen atoms in total. The van der Waals surface area contributed by atoms with Gasteiger partial charge in [0.25, 0.3) is 0 Å². The zero-order chi connectivity index (χ0) is 13.9. The molecule has 2 amide bonds. The molecule has 1 atom stereocenters. The Hall–Kier alpha value is -0.900. The smallest absolute Gasteiger partial charge is 0.247 e. The van der Waals surface area contributed by atoms with E-state index in [0.29, 0.717) is 12.5 Å². The van der Waals surface area contributed by atoms with Crippen molar-refractivity contribution in [2.24, 2.45) is 0 Å². The second-order valence-electron chi connectivity index (χ2n) is 6.65. The van der Waals surface area contributed by atoms with Crippen LogP contribution in [-0.2, 0) is 9.59 Å². The highest BCUT2D eigenvalue weighted by Gasteiger charge is 2.42. The van der Waals surface area contributed by atoms with E-state index in [2.05, 4.69) is 5.32 Å². The van der Waals surface area contributed by atoms with Crippen molar-refractivity contribution in [3.63, 3.8) is 0 Å². The summed E-state index contributed by atoms with van der Waals surface area (Å²) in [5, 5.41) is 3.43. The fourth-order valence-electron chi connectivity index (χ4n) is 4.06. The molecule has 1 saturated heterocycles. The van der Waals surface area contributed by atoms with Crippen molar-refractivity contribution < 1.29 is 9.59 Å². The summed E-state index contributed by atoms with van der Waals surface area (Å²) in [5.74, 6) is 0.103. The van der Waals surface area contributed by atoms with E-state index in [1.54, 1.807) is 4.90 Å². The summed E-state index contributed by atoms with van der Waals surface area (Å²) >= 11 is 0. The lowest BCUT2D eigenvalue weighted by atomic mass is 10.1. The van der Waals surface area contributed by atoms with Crippen molar-refractivity contribution in [3.05, 3.63) is 0 Å². The number of carbonyl (C=O) groups is 2. The Morgan fingerprint density at radius 1 is 0.850 bits per heavy atom. The van der Waals surface area contributed by atoms with Crippen molar-refractivity contribution >= 4 is 11.8 Å². The van der Waals surface area contributed by atoms with Gasteiger partial charge in [-0.25, -0.2) is 0 Å². The van der Waals surface area contributed by atoms with Crippen LogP contribution in [0.2, 0.25) is 0 Å². The van der Waals surface area contributed by atoms with Gasteiger partial charge < -0.3 is 5.32 Å². The lowest BCUT2D eigenvalue weighted by molar-refractivity contribution is -0.141. The molecular formula is C16H26N2O2. The highest BCUT2D eigenvalue weighted by atomic mass is 16.2. The standard InChI is InChI=1S/C16H26N2O2/c19-15-11-14(17-12-7-5-6-8-12)16(20)18(15)13-9-3-1-2-4-10-13/h12-14,17H,1-11H2. The van der Waals surface area contributed by atoms with Gasteiger partial charge in [0.2, 0.25) is 11.8 Å². The van der Waals surface area contributed by atoms with E-state index in [1.165, 1.54) is 25.7 Å². The Bertz CT molecular complexity index is 369. The first-order valence-electron chi connectivity index (χ1n) is 8.37. The van der Waals surface area contributed by atoms with Crippen LogP contribution in [-0.4, -0.2) is 34.8 Å². The molecule has 1 aliphatic heterocycles. The van der Waals surface area contributed by atoms with Crippen molar-refractivity contribution in [1.29, 1.82) is 0 Å². The maximum atomic E-state index is 12.6. The molecule has 112 valence electrons. The minimum absolute atomic E-state index is 0.0498. The molecule has 2 aliphatic carbocycles. The molecule has 0 aromatic carbocycles. The summed E-state index contributed by atoms with van der Waals surface area (Å²) in [7, 11) is 0. The van der Waals surface area contributed by atoms with Crippen molar-refractivity contribution in [1.82, 2.24) is 10.2 Å². The number of hydrogen-bond donors (Lipinski definition) is 1. The van der Waals surface area contributed by atoms with Gasteiger partial charge in [-0.15, -0.1) is 0 Å². The first-order chi connectivity index (χ1) is 9.75. The predicted molar refractivity (Wildman–Crippen MR) is 77.1 cm³/mol. The lowest BCUT2D eigenvalue weighted by Gasteiger charge is -2.26. The topological polar surface area (TPSA) is 49.4 Å². The zero-order valence-corrected chi connectivity index (χ0v) is 12.3. The maximum Gasteiger partial charge on any atom is 0.247 e. The van der Waals surface area contributed by atoms with Crippen LogP contribution in [0, 0.1) is 0 Å². The Morgan fingerprint density at radius 2 is 1.45 bits per heavy atom. The molecule has 0 aromatic rings. The van der Waals surface area contributed by atoms with Crippen LogP contribution in [0.4, 0.5) is 0 Å². The number of nitrogens with one attached hydrogen (secondary N) is 1. The summed E-state index contributed by atoms with van der Waals surface area (Å²) < 4.78 is 0. The second-order valence-corrected chi connectivity index (χ2v) is 6.65. The SMILES string of the molecule is O=C1CC(NC2CCCC2)C(=O)N1C1CCCCCC1. The molecule has 0 radical (unpaired) electrons. The number of rotatable bonds is 3. The van der Waals surface area contributed by atoms with Crippen molar-refractivity contribution in [2.45, 2.75) is 88.8 Å². The number of carbonyl (C=O) groups excluding carboxylic acids is 2. The Kier molecular flexibility index (Phi) is 4.39. The van der Waals surface area contributed by atoms with Crippen LogP contribution in [0.25, 0.3) is 0 Å². The minimum Gasteiger partial charge on any atom is -0.303 e. The van der Waals surface area contributed by atoms with E-state index >= 15 is 0 Å². The predicted octanol–water partition coefficient (Wildman–Crippen LogP) is 2.37. The van der Waals surface area contributed by atoms with Gasteiger partial charge in [-0.3, -0.25) is 14.5 Å². The fourth-order valence-corrected chi connectivity index (χ4v) is 4.06. The van der Waals surface area contributed by atoms with Crippen molar-refractivity contribution in [2.75, 3.05) is 0 Å². The maximum absolute atomic E-state index is 12.6. The summed E-state index contributed by atoms with van der Waals surface area (Å²) in [5.41, 5.74) is 0. The summed E-state index contributed by atoms with van der Waals surface area (Å²) in [6.07, 6.45) is 12.0. The molecule has 1 unspecified atom stereocenters. The van der Waals surface area contributed by atoms with Gasteiger partial charge >= 0.3 is 0 Å². The quantitative estimate of drug-likeness (QED) is 0.637. The van der Waals surface area contributed by atoms with E-state index < -0.39 is 0 Å². The highest BCUT2D eigenvalue weighted by molar-refractivity contribution is 6.05. The van der Waals surface area contributed by atoms with E-state index in [4.69, 9.17) is 0 Å². The minimum atomic E-state index is -0.242. The number of nitrogens with zero attached hydrogens (tertiary/aromatic N) is 1. The number of hydrogen-bond acceptors (Lipinski definition) is 3. The first kappa shape index (κ1) is 14.1. The largest absolute Gasteiger partial charge is 0.303 e. The van der Waals surface area contributed by atoms with Gasteiger partial charge in [0, 0.05) is 12.1 Å². The molecule has 0 aromatic heterocycles. The molecule has 3 rings (SSSR count). The van der Waals surface area contributed by atoms with Gasteiger partial charge in [-0.2, -0.15) is 0 Å². The van der Waals surface area contributed by atoms with Crippen LogP contribution >= 0.6 is 0 Å². The Labute approximate surface area is 121 Å². The molecule has 1 heterocycles. The average molecular weight is 278 g/mol. The van der Waals surface area contributed by atoms with Crippen LogP contribution in [0.1, 0.15) is 70.6 Å². The first-order valence-corrected chi connectivity index (χ1v) is 8.37. The molecule has 3 aliphatic rings. The molecule has 4 heteroatoms. The van der Waals surface area contributed by atoms with Crippen LogP contribution in [0.3, 0.4) is 0 Å². The zero-order valence-electron chi connectivity index (χ0n) is 12.3. The normalized spacial score (nSPS) is 30.2. The third-order valence-corrected chi connectivity index (χ3v) is 5.16. The molecule has 20 heavy (non-hydrogen) atoms. The van der Waals surface area contributed by atoms with Gasteiger partial charge in [0.1, 0.15) is 0 Å². The molecule has 0 bridgehead atoms. The van der Waals surface area contributed by atoms with Gasteiger partial charge in [-0.1, -0.05) is 38.5 Å². The van der Waals surface area contributed by atoms with Crippen molar-refractivity contribution in [3.8, 4) is 0 Å².